The normalized spacial score (nSPS) is 33.6. The Morgan fingerprint density at radius 2 is 2.56 bits per heavy atom. The molecule has 0 spiro atoms. The Bertz CT molecular complexity index is 110. The van der Waals surface area contributed by atoms with Crippen molar-refractivity contribution in [3.8, 4) is 0 Å². The lowest BCUT2D eigenvalue weighted by Crippen LogP contribution is -2.15. The lowest BCUT2D eigenvalue weighted by molar-refractivity contribution is 0.646. The molecule has 0 saturated carbocycles. The van der Waals surface area contributed by atoms with Gasteiger partial charge in [0.15, 0.2) is 0 Å². The van der Waals surface area contributed by atoms with Gasteiger partial charge in [0.1, 0.15) is 0 Å². The fraction of sp³-hybridized carbons (Fsp3) is 0.714. The number of thiol groups is 1. The van der Waals surface area contributed by atoms with Gasteiger partial charge >= 0.3 is 0 Å². The smallest absolute Gasteiger partial charge is 0.0215 e. The van der Waals surface area contributed by atoms with Crippen LogP contribution in [0.15, 0.2) is 11.5 Å². The number of rotatable bonds is 2. The number of hydrogen-bond donors (Lipinski definition) is 1. The highest BCUT2D eigenvalue weighted by molar-refractivity contribution is 8.03. The van der Waals surface area contributed by atoms with Crippen LogP contribution < -0.4 is 0 Å². The van der Waals surface area contributed by atoms with Gasteiger partial charge in [-0.05, 0) is 30.9 Å². The van der Waals surface area contributed by atoms with E-state index in [-0.39, 0.29) is 0 Å². The topological polar surface area (TPSA) is 0 Å². The third kappa shape index (κ3) is 1.94. The molecule has 0 aromatic heterocycles. The van der Waals surface area contributed by atoms with Gasteiger partial charge in [-0.1, -0.05) is 6.08 Å². The van der Waals surface area contributed by atoms with Crippen molar-refractivity contribution in [1.29, 1.82) is 0 Å². The predicted molar refractivity (Wildman–Crippen MR) is 48.2 cm³/mol. The van der Waals surface area contributed by atoms with E-state index in [4.69, 9.17) is 0 Å². The zero-order valence-electron chi connectivity index (χ0n) is 5.63. The Morgan fingerprint density at radius 1 is 1.78 bits per heavy atom. The van der Waals surface area contributed by atoms with Crippen molar-refractivity contribution in [2.45, 2.75) is 24.5 Å². The molecule has 0 radical (unpaired) electrons. The van der Waals surface area contributed by atoms with Crippen LogP contribution in [0.4, 0.5) is 0 Å². The summed E-state index contributed by atoms with van der Waals surface area (Å²) >= 11 is 6.15. The molecule has 9 heavy (non-hydrogen) atoms. The molecule has 1 rings (SSSR count). The van der Waals surface area contributed by atoms with E-state index in [1.54, 1.807) is 0 Å². The average Bonchev–Trinajstić information content (AvgIpc) is 2.16. The van der Waals surface area contributed by atoms with Crippen LogP contribution in [0.3, 0.4) is 0 Å². The minimum atomic E-state index is 0.474. The summed E-state index contributed by atoms with van der Waals surface area (Å²) in [4.78, 5) is 0. The Morgan fingerprint density at radius 3 is 3.00 bits per heavy atom. The summed E-state index contributed by atoms with van der Waals surface area (Å²) in [6.07, 6.45) is 4.68. The van der Waals surface area contributed by atoms with Crippen LogP contribution in [0.25, 0.3) is 0 Å². The lowest BCUT2D eigenvalue weighted by atomic mass is 10.0. The minimum Gasteiger partial charge on any atom is -0.179 e. The fourth-order valence-corrected chi connectivity index (χ4v) is 2.53. The average molecular weight is 160 g/mol. The van der Waals surface area contributed by atoms with Crippen molar-refractivity contribution in [2.75, 3.05) is 5.75 Å². The SMILES string of the molecule is CC1(CCS)CC=CS1. The second-order valence-electron chi connectivity index (χ2n) is 2.62. The predicted octanol–water partition coefficient (Wildman–Crippen LogP) is 2.72. The zero-order chi connectivity index (χ0) is 6.74. The standard InChI is InChI=1S/C7H12S2/c1-7(4-5-8)3-2-6-9-7/h2,6,8H,3-5H2,1H3. The molecule has 0 N–H and O–H groups in total. The van der Waals surface area contributed by atoms with E-state index in [9.17, 15) is 0 Å². The number of thioether (sulfide) groups is 1. The first-order chi connectivity index (χ1) is 4.27. The quantitative estimate of drug-likeness (QED) is 0.606. The lowest BCUT2D eigenvalue weighted by Gasteiger charge is -2.20. The van der Waals surface area contributed by atoms with E-state index in [0.717, 1.165) is 5.75 Å². The molecule has 1 atom stereocenters. The maximum absolute atomic E-state index is 4.21. The molecule has 0 amide bonds. The van der Waals surface area contributed by atoms with Crippen molar-refractivity contribution >= 4 is 24.4 Å². The molecule has 1 aliphatic rings. The van der Waals surface area contributed by atoms with Crippen LogP contribution in [0.5, 0.6) is 0 Å². The first kappa shape index (κ1) is 7.55. The van der Waals surface area contributed by atoms with Gasteiger partial charge in [0.25, 0.3) is 0 Å². The highest BCUT2D eigenvalue weighted by atomic mass is 32.2. The fourth-order valence-electron chi connectivity index (χ4n) is 0.955. The molecule has 0 saturated heterocycles. The molecule has 0 aromatic rings. The van der Waals surface area contributed by atoms with E-state index in [2.05, 4.69) is 31.0 Å². The molecule has 1 heterocycles. The van der Waals surface area contributed by atoms with Crippen LogP contribution in [0.1, 0.15) is 19.8 Å². The summed E-state index contributed by atoms with van der Waals surface area (Å²) in [5.74, 6) is 1.01. The van der Waals surface area contributed by atoms with E-state index >= 15 is 0 Å². The maximum Gasteiger partial charge on any atom is 0.0215 e. The van der Waals surface area contributed by atoms with Crippen molar-refractivity contribution in [1.82, 2.24) is 0 Å². The third-order valence-electron chi connectivity index (χ3n) is 1.64. The molecule has 1 unspecified atom stereocenters. The van der Waals surface area contributed by atoms with Gasteiger partial charge in [-0.25, -0.2) is 0 Å². The van der Waals surface area contributed by atoms with E-state index in [1.807, 2.05) is 11.8 Å². The van der Waals surface area contributed by atoms with Crippen LogP contribution in [-0.2, 0) is 0 Å². The first-order valence-electron chi connectivity index (χ1n) is 3.20. The van der Waals surface area contributed by atoms with Gasteiger partial charge in [0.2, 0.25) is 0 Å². The highest BCUT2D eigenvalue weighted by Gasteiger charge is 2.24. The van der Waals surface area contributed by atoms with Crippen LogP contribution >= 0.6 is 24.4 Å². The minimum absolute atomic E-state index is 0.474. The number of allylic oxidation sites excluding steroid dienone is 1. The van der Waals surface area contributed by atoms with Gasteiger partial charge in [0.05, 0.1) is 0 Å². The van der Waals surface area contributed by atoms with E-state index in [0.29, 0.717) is 4.75 Å². The molecule has 0 aliphatic carbocycles. The third-order valence-corrected chi connectivity index (χ3v) is 3.13. The van der Waals surface area contributed by atoms with Crippen LogP contribution in [0, 0.1) is 0 Å². The number of hydrogen-bond acceptors (Lipinski definition) is 2. The van der Waals surface area contributed by atoms with E-state index < -0.39 is 0 Å². The van der Waals surface area contributed by atoms with Crippen molar-refractivity contribution in [3.05, 3.63) is 11.5 Å². The zero-order valence-corrected chi connectivity index (χ0v) is 7.34. The summed E-state index contributed by atoms with van der Waals surface area (Å²) in [5.41, 5.74) is 0. The van der Waals surface area contributed by atoms with Crippen molar-refractivity contribution in [3.63, 3.8) is 0 Å². The summed E-state index contributed by atoms with van der Waals surface area (Å²) in [5, 5.41) is 2.20. The highest BCUT2D eigenvalue weighted by Crippen LogP contribution is 2.38. The van der Waals surface area contributed by atoms with Gasteiger partial charge in [-0.2, -0.15) is 12.6 Å². The molecule has 0 fully saturated rings. The largest absolute Gasteiger partial charge is 0.179 e. The van der Waals surface area contributed by atoms with Gasteiger partial charge < -0.3 is 0 Å². The van der Waals surface area contributed by atoms with Crippen LogP contribution in [-0.4, -0.2) is 10.5 Å². The summed E-state index contributed by atoms with van der Waals surface area (Å²) in [6, 6.07) is 0. The van der Waals surface area contributed by atoms with E-state index in [1.165, 1.54) is 12.8 Å². The summed E-state index contributed by atoms with van der Waals surface area (Å²) in [6.45, 7) is 2.30. The van der Waals surface area contributed by atoms with Gasteiger partial charge in [-0.3, -0.25) is 0 Å². The van der Waals surface area contributed by atoms with Crippen molar-refractivity contribution in [2.24, 2.45) is 0 Å². The molecular formula is C7H12S2. The van der Waals surface area contributed by atoms with Crippen molar-refractivity contribution < 1.29 is 0 Å². The molecule has 2 heteroatoms. The molecule has 0 nitrogen and oxygen atoms in total. The van der Waals surface area contributed by atoms with Crippen LogP contribution in [0.2, 0.25) is 0 Å². The Kier molecular flexibility index (Phi) is 2.53. The maximum atomic E-state index is 4.21. The molecule has 52 valence electrons. The molecular weight excluding hydrogens is 148 g/mol. The van der Waals surface area contributed by atoms with Gasteiger partial charge in [0, 0.05) is 4.75 Å². The summed E-state index contributed by atoms with van der Waals surface area (Å²) in [7, 11) is 0. The first-order valence-corrected chi connectivity index (χ1v) is 4.72. The van der Waals surface area contributed by atoms with Gasteiger partial charge in [-0.15, -0.1) is 11.8 Å². The second kappa shape index (κ2) is 3.02. The monoisotopic (exact) mass is 160 g/mol. The molecule has 0 bridgehead atoms. The molecule has 1 aliphatic heterocycles. The molecule has 0 aromatic carbocycles. The second-order valence-corrected chi connectivity index (χ2v) is 4.56. The Hall–Kier alpha value is 0.440. The Labute approximate surface area is 66.5 Å². The Balaban J connectivity index is 2.36. The summed E-state index contributed by atoms with van der Waals surface area (Å²) < 4.78 is 0.474.